The van der Waals surface area contributed by atoms with E-state index < -0.39 is 195 Å². The molecule has 0 saturated carbocycles. The van der Waals surface area contributed by atoms with Crippen LogP contribution in [-0.4, -0.2) is 11.9 Å². The van der Waals surface area contributed by atoms with E-state index in [1.165, 1.54) is 0 Å². The van der Waals surface area contributed by atoms with Crippen LogP contribution in [0, 0.1) is 0 Å². The van der Waals surface area contributed by atoms with E-state index in [1.54, 1.807) is 0 Å². The lowest BCUT2D eigenvalue weighted by Gasteiger charge is -2.46. The Morgan fingerprint density at radius 2 is 0.649 bits per heavy atom. The van der Waals surface area contributed by atoms with E-state index in [2.05, 4.69) is 12.6 Å². The minimum absolute atomic E-state index is 0.104. The van der Waals surface area contributed by atoms with Crippen LogP contribution in [0.15, 0.2) is 145 Å². The fraction of sp³-hybridized carbons (Fsp3) is 0.184. The number of carbonyl (C=O) groups is 1. The van der Waals surface area contributed by atoms with Crippen molar-refractivity contribution in [2.24, 2.45) is 0 Å². The Balaban J connectivity index is 0.000000397. The molecule has 0 aliphatic heterocycles. The van der Waals surface area contributed by atoms with Crippen LogP contribution in [0.5, 0.6) is 0 Å². The molecule has 28 heteroatoms. The molecular weight excluding hydrogens is 1120 g/mol. The third-order valence-electron chi connectivity index (χ3n) is 11.7. The van der Waals surface area contributed by atoms with E-state index in [9.17, 15) is 110 Å². The summed E-state index contributed by atoms with van der Waals surface area (Å²) in [6.07, 6.45) is -52.9. The van der Waals surface area contributed by atoms with Crippen LogP contribution in [0.25, 0.3) is 10.9 Å². The average molecular weight is 1140 g/mol. The average Bonchev–Trinajstić information content (AvgIpc) is 3.30. The molecule has 0 bridgehead atoms. The van der Waals surface area contributed by atoms with Crippen molar-refractivity contribution in [1.29, 1.82) is 0 Å². The fourth-order valence-electron chi connectivity index (χ4n) is 8.33. The lowest BCUT2D eigenvalue weighted by Crippen LogP contribution is -2.75. The van der Waals surface area contributed by atoms with Gasteiger partial charge in [0.15, 0.2) is 6.20 Å². The van der Waals surface area contributed by atoms with Gasteiger partial charge in [0, 0.05) is 28.0 Å². The van der Waals surface area contributed by atoms with Gasteiger partial charge in [-0.3, -0.25) is 4.79 Å². The van der Waals surface area contributed by atoms with Crippen LogP contribution >= 0.6 is 12.6 Å². The summed E-state index contributed by atoms with van der Waals surface area (Å²) in [6.45, 7) is 0.332. The molecule has 2 nitrogen and oxygen atoms in total. The molecule has 7 rings (SSSR count). The number of alkyl halides is 24. The third kappa shape index (κ3) is 13.5. The molecule has 0 saturated heterocycles. The first-order chi connectivity index (χ1) is 35.0. The number of benzene rings is 6. The fourth-order valence-corrected chi connectivity index (χ4v) is 8.53. The Hall–Kier alpha value is -6.87. The van der Waals surface area contributed by atoms with Gasteiger partial charge >= 0.3 is 49.4 Å². The number of pyridine rings is 1. The lowest BCUT2D eigenvalue weighted by atomic mass is 9.12. The van der Waals surface area contributed by atoms with Gasteiger partial charge in [0.1, 0.15) is 6.15 Å². The molecule has 0 aliphatic rings. The molecule has 0 N–H and O–H groups in total. The predicted molar refractivity (Wildman–Crippen MR) is 232 cm³/mol. The summed E-state index contributed by atoms with van der Waals surface area (Å²) < 4.78 is 343. The smallest absolute Gasteiger partial charge is 0.287 e. The number of carbonyl (C=O) groups excluding carboxylic acids is 1. The Morgan fingerprint density at radius 3 is 0.922 bits per heavy atom. The van der Waals surface area contributed by atoms with Crippen LogP contribution < -0.4 is 26.4 Å². The van der Waals surface area contributed by atoms with Crippen molar-refractivity contribution in [2.45, 2.75) is 60.9 Å². The maximum atomic E-state index is 14.2. The summed E-state index contributed by atoms with van der Waals surface area (Å²) in [7, 11) is 0. The summed E-state index contributed by atoms with van der Waals surface area (Å²) in [5.41, 5.74) is -28.5. The summed E-state index contributed by atoms with van der Waals surface area (Å²) in [5.74, 6) is 0.104. The second kappa shape index (κ2) is 20.5. The van der Waals surface area contributed by atoms with Crippen molar-refractivity contribution in [1.82, 2.24) is 0 Å². The number of ketones is 1. The van der Waals surface area contributed by atoms with Gasteiger partial charge in [-0.1, -0.05) is 78.9 Å². The molecule has 7 aromatic rings. The Bertz CT molecular complexity index is 2870. The second-order valence-corrected chi connectivity index (χ2v) is 17.4. The van der Waals surface area contributed by atoms with Crippen molar-refractivity contribution < 1.29 is 115 Å². The van der Waals surface area contributed by atoms with Crippen LogP contribution in [0.3, 0.4) is 0 Å². The molecule has 77 heavy (non-hydrogen) atoms. The lowest BCUT2D eigenvalue weighted by molar-refractivity contribution is -0.657. The largest absolute Gasteiger partial charge is 0.416 e. The van der Waals surface area contributed by atoms with E-state index >= 15 is 0 Å². The Labute approximate surface area is 421 Å². The maximum Gasteiger partial charge on any atom is 0.416 e. The summed E-state index contributed by atoms with van der Waals surface area (Å²) in [6, 6.07) is 10.5. The van der Waals surface area contributed by atoms with Crippen molar-refractivity contribution >= 4 is 57.3 Å². The normalized spacial score (nSPS) is 13.4. The number of thiol groups is 1. The number of rotatable bonds is 7. The molecule has 410 valence electrons. The summed E-state index contributed by atoms with van der Waals surface area (Å²) in [4.78, 5) is 13.2. The predicted octanol–water partition coefficient (Wildman–Crippen LogP) is 14.5. The molecule has 6 aromatic carbocycles. The SMILES string of the molecule is FC(F)(F)c1cc([B-](c2cc(C(F)(F)F)cc(C(F)(F)F)c2)(c2cc(C(F)(F)F)cc(C(F)(F)F)c2)c2cc(C(F)(F)F)cc(C(F)(F)F)c2)cc(C(F)(F)F)c1.O=C(C[n+]1cccc2ccc(S)cc21)c1ccccc1. The van der Waals surface area contributed by atoms with Crippen molar-refractivity contribution in [3.8, 4) is 0 Å². The first kappa shape index (κ1) is 59.4. The highest BCUT2D eigenvalue weighted by Crippen LogP contribution is 2.41. The number of fused-ring (bicyclic) bond motifs is 1. The van der Waals surface area contributed by atoms with Crippen molar-refractivity contribution in [3.05, 3.63) is 190 Å². The number of hydrogen-bond donors (Lipinski definition) is 1. The number of nitrogens with zero attached hydrogens (tertiary/aromatic N) is 1. The summed E-state index contributed by atoms with van der Waals surface area (Å²) >= 11 is 4.37. The van der Waals surface area contributed by atoms with E-state index in [0.29, 0.717) is 6.54 Å². The Kier molecular flexibility index (Phi) is 15.8. The molecule has 0 amide bonds. The first-order valence-electron chi connectivity index (χ1n) is 21.1. The van der Waals surface area contributed by atoms with E-state index in [4.69, 9.17) is 0 Å². The Morgan fingerprint density at radius 1 is 0.364 bits per heavy atom. The van der Waals surface area contributed by atoms with Crippen LogP contribution in [-0.2, 0) is 56.0 Å². The van der Waals surface area contributed by atoms with Crippen LogP contribution in [0.2, 0.25) is 0 Å². The van der Waals surface area contributed by atoms with Gasteiger partial charge in [0.25, 0.3) is 0 Å². The second-order valence-electron chi connectivity index (χ2n) is 16.9. The highest BCUT2D eigenvalue weighted by molar-refractivity contribution is 7.80. The van der Waals surface area contributed by atoms with Gasteiger partial charge < -0.3 is 0 Å². The minimum Gasteiger partial charge on any atom is -0.287 e. The molecule has 1 aromatic heterocycles. The molecule has 0 fully saturated rings. The van der Waals surface area contributed by atoms with Crippen molar-refractivity contribution in [3.63, 3.8) is 0 Å². The zero-order valence-electron chi connectivity index (χ0n) is 37.4. The molecule has 1 heterocycles. The molecule has 0 atom stereocenters. The van der Waals surface area contributed by atoms with Gasteiger partial charge in [0.2, 0.25) is 17.8 Å². The van der Waals surface area contributed by atoms with Gasteiger partial charge in [-0.15, -0.1) is 12.6 Å². The standard InChI is InChI=1S/C32H12BF24.C17H13NOS/c34-25(35,36)13-1-14(26(37,38)39)6-21(5-13)33(22-7-15(27(40,41)42)2-16(8-22)28(43,44)45,23-9-17(29(46,47)48)3-18(10-23)30(49,50)51)24-11-19(31(52,53)54)4-20(12-24)32(55,56)57;19-17(14-5-2-1-3-6-14)12-18-10-4-7-13-8-9-15(20)11-16(13)18/h1-12H;1-11H,12H2/q-1;/p+1. The van der Waals surface area contributed by atoms with Crippen LogP contribution in [0.1, 0.15) is 54.9 Å². The zero-order chi connectivity index (χ0) is 57.9. The number of halogens is 24. The molecular formula is C49H26BF24NOS. The van der Waals surface area contributed by atoms with Gasteiger partial charge in [0.05, 0.1) is 44.5 Å². The van der Waals surface area contributed by atoms with E-state index in [-0.39, 0.29) is 5.78 Å². The van der Waals surface area contributed by atoms with Crippen molar-refractivity contribution in [2.75, 3.05) is 0 Å². The first-order valence-corrected chi connectivity index (χ1v) is 21.5. The topological polar surface area (TPSA) is 20.9 Å². The minimum atomic E-state index is -6.13. The van der Waals surface area contributed by atoms with E-state index in [1.807, 2.05) is 71.4 Å². The maximum absolute atomic E-state index is 14.2. The highest BCUT2D eigenvalue weighted by atomic mass is 32.1. The zero-order valence-corrected chi connectivity index (χ0v) is 38.3. The highest BCUT2D eigenvalue weighted by Gasteiger charge is 2.47. The summed E-state index contributed by atoms with van der Waals surface area (Å²) in [5, 5.41) is 1.10. The molecule has 0 aliphatic carbocycles. The van der Waals surface area contributed by atoms with Gasteiger partial charge in [-0.25, -0.2) is 0 Å². The van der Waals surface area contributed by atoms with Gasteiger partial charge in [-0.05, 0) is 42.5 Å². The number of Topliss-reactive ketones (excluding diaryl/α,β-unsaturated/α-hetero) is 1. The number of aromatic nitrogens is 1. The molecule has 0 unspecified atom stereocenters. The van der Waals surface area contributed by atoms with Crippen LogP contribution in [0.4, 0.5) is 105 Å². The van der Waals surface area contributed by atoms with E-state index in [0.717, 1.165) is 21.4 Å². The third-order valence-corrected chi connectivity index (χ3v) is 12.0. The monoisotopic (exact) mass is 1140 g/mol. The molecule has 0 radical (unpaired) electrons. The number of hydrogen-bond acceptors (Lipinski definition) is 2. The quantitative estimate of drug-likeness (QED) is 0.0555. The molecule has 0 spiro atoms. The van der Waals surface area contributed by atoms with Gasteiger partial charge in [-0.2, -0.15) is 132 Å².